The molecule has 0 aromatic heterocycles. The van der Waals surface area contributed by atoms with Crippen molar-refractivity contribution in [2.45, 2.75) is 19.1 Å². The van der Waals surface area contributed by atoms with Gasteiger partial charge < -0.3 is 14.8 Å². The van der Waals surface area contributed by atoms with Crippen molar-refractivity contribution in [3.8, 4) is 0 Å². The van der Waals surface area contributed by atoms with E-state index in [1.165, 1.54) is 7.11 Å². The number of benzene rings is 2. The quantitative estimate of drug-likeness (QED) is 0.784. The lowest BCUT2D eigenvalue weighted by atomic mass is 10.1. The molecule has 0 fully saturated rings. The molecule has 130 valence electrons. The molecule has 0 radical (unpaired) electrons. The third-order valence-corrected chi connectivity index (χ3v) is 3.47. The number of alkyl carbamates (subject to hydrolysis) is 1. The highest BCUT2D eigenvalue weighted by molar-refractivity contribution is 5.81. The molecule has 0 aliphatic carbocycles. The first-order chi connectivity index (χ1) is 12.2. The summed E-state index contributed by atoms with van der Waals surface area (Å²) in [5.41, 5.74) is 1.88. The zero-order valence-corrected chi connectivity index (χ0v) is 14.1. The van der Waals surface area contributed by atoms with Gasteiger partial charge in [-0.15, -0.1) is 0 Å². The molecule has 0 aliphatic rings. The molecule has 2 aromatic carbocycles. The molecule has 2 aromatic rings. The molecule has 1 atom stereocenters. The Balaban J connectivity index is 1.87. The number of ether oxygens (including phenoxy) is 2. The fraction of sp³-hybridized carbons (Fsp3) is 0.200. The van der Waals surface area contributed by atoms with E-state index in [1.54, 1.807) is 0 Å². The van der Waals surface area contributed by atoms with E-state index in [-0.39, 0.29) is 6.61 Å². The molecule has 25 heavy (non-hydrogen) atoms. The summed E-state index contributed by atoms with van der Waals surface area (Å²) in [6.07, 6.45) is 3.34. The van der Waals surface area contributed by atoms with Crippen LogP contribution in [0.5, 0.6) is 0 Å². The Morgan fingerprint density at radius 2 is 1.68 bits per heavy atom. The van der Waals surface area contributed by atoms with Crippen LogP contribution in [0.15, 0.2) is 66.7 Å². The predicted octanol–water partition coefficient (Wildman–Crippen LogP) is 3.56. The summed E-state index contributed by atoms with van der Waals surface area (Å²) in [5.74, 6) is -0.519. The first-order valence-electron chi connectivity index (χ1n) is 7.95. The molecular formula is C20H21NO4. The maximum Gasteiger partial charge on any atom is 0.408 e. The molecule has 1 unspecified atom stereocenters. The average molecular weight is 339 g/mol. The second-order valence-corrected chi connectivity index (χ2v) is 5.33. The number of amides is 1. The molecular weight excluding hydrogens is 318 g/mol. The Morgan fingerprint density at radius 3 is 2.32 bits per heavy atom. The van der Waals surface area contributed by atoms with Crippen LogP contribution in [-0.4, -0.2) is 25.2 Å². The maximum atomic E-state index is 11.9. The highest BCUT2D eigenvalue weighted by atomic mass is 16.6. The van der Waals surface area contributed by atoms with E-state index in [9.17, 15) is 9.59 Å². The predicted molar refractivity (Wildman–Crippen MR) is 95.7 cm³/mol. The second-order valence-electron chi connectivity index (χ2n) is 5.33. The Morgan fingerprint density at radius 1 is 1.04 bits per heavy atom. The summed E-state index contributed by atoms with van der Waals surface area (Å²) in [4.78, 5) is 23.8. The average Bonchev–Trinajstić information content (AvgIpc) is 2.66. The molecule has 0 saturated carbocycles. The Hall–Kier alpha value is -3.08. The summed E-state index contributed by atoms with van der Waals surface area (Å²) in [5, 5.41) is 2.54. The van der Waals surface area contributed by atoms with Crippen LogP contribution < -0.4 is 5.32 Å². The largest absolute Gasteiger partial charge is 0.467 e. The summed E-state index contributed by atoms with van der Waals surface area (Å²) in [6.45, 7) is 0.139. The van der Waals surface area contributed by atoms with Gasteiger partial charge in [-0.25, -0.2) is 9.59 Å². The van der Waals surface area contributed by atoms with Crippen LogP contribution >= 0.6 is 0 Å². The van der Waals surface area contributed by atoms with E-state index >= 15 is 0 Å². The maximum absolute atomic E-state index is 11.9. The van der Waals surface area contributed by atoms with Crippen molar-refractivity contribution in [2.24, 2.45) is 0 Å². The Labute approximate surface area is 147 Å². The molecule has 5 heteroatoms. The number of nitrogens with one attached hydrogen (secondary N) is 1. The van der Waals surface area contributed by atoms with Gasteiger partial charge in [0.05, 0.1) is 7.11 Å². The van der Waals surface area contributed by atoms with Gasteiger partial charge in [0, 0.05) is 0 Å². The highest BCUT2D eigenvalue weighted by Gasteiger charge is 2.20. The molecule has 5 nitrogen and oxygen atoms in total. The van der Waals surface area contributed by atoms with Gasteiger partial charge in [0.1, 0.15) is 12.6 Å². The van der Waals surface area contributed by atoms with Crippen molar-refractivity contribution in [1.82, 2.24) is 5.32 Å². The van der Waals surface area contributed by atoms with Crippen molar-refractivity contribution in [1.29, 1.82) is 0 Å². The zero-order valence-electron chi connectivity index (χ0n) is 14.1. The molecule has 1 amide bonds. The van der Waals surface area contributed by atoms with Crippen LogP contribution in [0.3, 0.4) is 0 Å². The van der Waals surface area contributed by atoms with Crippen LogP contribution in [0.1, 0.15) is 17.5 Å². The summed E-state index contributed by atoms with van der Waals surface area (Å²) in [7, 11) is 1.28. The van der Waals surface area contributed by atoms with Crippen molar-refractivity contribution in [2.75, 3.05) is 7.11 Å². The zero-order chi connectivity index (χ0) is 17.9. The van der Waals surface area contributed by atoms with E-state index in [4.69, 9.17) is 9.47 Å². The highest BCUT2D eigenvalue weighted by Crippen LogP contribution is 2.05. The minimum atomic E-state index is -0.798. The normalized spacial score (nSPS) is 11.7. The molecule has 1 N–H and O–H groups in total. The molecule has 0 heterocycles. The standard InChI is InChI=1S/C20H21NO4/c1-24-19(22)18(14-8-13-16-9-4-2-5-10-16)21-20(23)25-15-17-11-6-3-7-12-17/h2-13,18H,14-15H2,1H3,(H,21,23)/b13-8+. The number of hydrogen-bond acceptors (Lipinski definition) is 4. The van der Waals surface area contributed by atoms with E-state index in [0.29, 0.717) is 6.42 Å². The lowest BCUT2D eigenvalue weighted by Gasteiger charge is -2.15. The minimum Gasteiger partial charge on any atom is -0.467 e. The third-order valence-electron chi connectivity index (χ3n) is 3.47. The van der Waals surface area contributed by atoms with Crippen LogP contribution in [-0.2, 0) is 20.9 Å². The van der Waals surface area contributed by atoms with Crippen LogP contribution in [0.2, 0.25) is 0 Å². The van der Waals surface area contributed by atoms with E-state index < -0.39 is 18.1 Å². The van der Waals surface area contributed by atoms with Crippen LogP contribution in [0.25, 0.3) is 6.08 Å². The number of esters is 1. The molecule has 2 rings (SSSR count). The fourth-order valence-electron chi connectivity index (χ4n) is 2.17. The Bertz CT molecular complexity index is 698. The number of methoxy groups -OCH3 is 1. The minimum absolute atomic E-state index is 0.139. The Kier molecular flexibility index (Phi) is 7.25. The first kappa shape index (κ1) is 18.3. The van der Waals surface area contributed by atoms with Gasteiger partial charge >= 0.3 is 12.1 Å². The monoisotopic (exact) mass is 339 g/mol. The molecule has 0 spiro atoms. The van der Waals surface area contributed by atoms with E-state index in [1.807, 2.05) is 72.8 Å². The molecule has 0 saturated heterocycles. The third kappa shape index (κ3) is 6.51. The van der Waals surface area contributed by atoms with Crippen molar-refractivity contribution in [3.63, 3.8) is 0 Å². The van der Waals surface area contributed by atoms with E-state index in [2.05, 4.69) is 5.32 Å². The van der Waals surface area contributed by atoms with Gasteiger partial charge in [0.15, 0.2) is 0 Å². The van der Waals surface area contributed by atoms with Gasteiger partial charge in [-0.05, 0) is 17.5 Å². The summed E-state index contributed by atoms with van der Waals surface area (Å²) in [6, 6.07) is 18.2. The van der Waals surface area contributed by atoms with Crippen LogP contribution in [0.4, 0.5) is 4.79 Å². The number of carbonyl (C=O) groups excluding carboxylic acids is 2. The van der Waals surface area contributed by atoms with Gasteiger partial charge in [-0.3, -0.25) is 0 Å². The van der Waals surface area contributed by atoms with Crippen molar-refractivity contribution < 1.29 is 19.1 Å². The summed E-state index contributed by atoms with van der Waals surface area (Å²) >= 11 is 0. The second kappa shape index (κ2) is 9.93. The van der Waals surface area contributed by atoms with Gasteiger partial charge in [-0.2, -0.15) is 0 Å². The molecule has 0 bridgehead atoms. The van der Waals surface area contributed by atoms with Crippen molar-refractivity contribution in [3.05, 3.63) is 77.9 Å². The summed E-state index contributed by atoms with van der Waals surface area (Å²) < 4.78 is 9.87. The number of rotatable bonds is 7. The van der Waals surface area contributed by atoms with Gasteiger partial charge in [0.2, 0.25) is 0 Å². The first-order valence-corrected chi connectivity index (χ1v) is 7.95. The van der Waals surface area contributed by atoms with Crippen molar-refractivity contribution >= 4 is 18.1 Å². The fourth-order valence-corrected chi connectivity index (χ4v) is 2.17. The van der Waals surface area contributed by atoms with Gasteiger partial charge in [0.25, 0.3) is 0 Å². The van der Waals surface area contributed by atoms with Gasteiger partial charge in [-0.1, -0.05) is 72.8 Å². The lowest BCUT2D eigenvalue weighted by molar-refractivity contribution is -0.142. The van der Waals surface area contributed by atoms with Crippen LogP contribution in [0, 0.1) is 0 Å². The smallest absolute Gasteiger partial charge is 0.408 e. The lowest BCUT2D eigenvalue weighted by Crippen LogP contribution is -2.41. The number of carbonyl (C=O) groups is 2. The van der Waals surface area contributed by atoms with E-state index in [0.717, 1.165) is 11.1 Å². The molecule has 0 aliphatic heterocycles. The number of hydrogen-bond donors (Lipinski definition) is 1. The topological polar surface area (TPSA) is 64.6 Å². The SMILES string of the molecule is COC(=O)C(C/C=C/c1ccccc1)NC(=O)OCc1ccccc1.